The third-order valence-corrected chi connectivity index (χ3v) is 3.55. The average Bonchev–Trinajstić information content (AvgIpc) is 2.85. The van der Waals surface area contributed by atoms with Crippen LogP contribution in [0.1, 0.15) is 39.7 Å². The number of ether oxygens (including phenoxy) is 1. The summed E-state index contributed by atoms with van der Waals surface area (Å²) in [5.74, 6) is 0. The Bertz CT molecular complexity index is 494. The van der Waals surface area contributed by atoms with Crippen molar-refractivity contribution in [1.29, 1.82) is 0 Å². The highest BCUT2D eigenvalue weighted by Gasteiger charge is 2.29. The van der Waals surface area contributed by atoms with Crippen molar-refractivity contribution in [2.45, 2.75) is 52.2 Å². The molecule has 0 bridgehead atoms. The summed E-state index contributed by atoms with van der Waals surface area (Å²) in [4.78, 5) is 13.8. The summed E-state index contributed by atoms with van der Waals surface area (Å²) in [6.07, 6.45) is 1.77. The number of benzene rings is 1. The smallest absolute Gasteiger partial charge is 0.410 e. The normalized spacial score (nSPS) is 18.7. The van der Waals surface area contributed by atoms with Gasteiger partial charge in [0.05, 0.1) is 0 Å². The first-order valence-corrected chi connectivity index (χ1v) is 7.71. The largest absolute Gasteiger partial charge is 0.444 e. The molecule has 1 atom stereocenters. The number of nitrogens with one attached hydrogen (secondary N) is 1. The van der Waals surface area contributed by atoms with Crippen LogP contribution in [-0.2, 0) is 11.2 Å². The first kappa shape index (κ1) is 15.7. The zero-order valence-electron chi connectivity index (χ0n) is 13.5. The maximum atomic E-state index is 12.0. The molecule has 0 saturated carbocycles. The Morgan fingerprint density at radius 3 is 2.86 bits per heavy atom. The van der Waals surface area contributed by atoms with Gasteiger partial charge in [-0.25, -0.2) is 4.79 Å². The summed E-state index contributed by atoms with van der Waals surface area (Å²) < 4.78 is 5.42. The van der Waals surface area contributed by atoms with Crippen molar-refractivity contribution in [3.8, 4) is 0 Å². The van der Waals surface area contributed by atoms with E-state index in [0.717, 1.165) is 25.1 Å². The SMILES string of the molecule is CCc1cccc(NC2CCN(C(=O)OC(C)(C)C)C2)c1. The average molecular weight is 290 g/mol. The topological polar surface area (TPSA) is 41.6 Å². The molecular formula is C17H26N2O2. The molecule has 21 heavy (non-hydrogen) atoms. The molecule has 1 N–H and O–H groups in total. The highest BCUT2D eigenvalue weighted by Crippen LogP contribution is 2.19. The summed E-state index contributed by atoms with van der Waals surface area (Å²) in [7, 11) is 0. The molecule has 1 heterocycles. The number of aryl methyl sites for hydroxylation is 1. The molecule has 1 aromatic rings. The van der Waals surface area contributed by atoms with E-state index < -0.39 is 5.60 Å². The minimum Gasteiger partial charge on any atom is -0.444 e. The molecule has 2 rings (SSSR count). The van der Waals surface area contributed by atoms with Gasteiger partial charge in [-0.15, -0.1) is 0 Å². The van der Waals surface area contributed by atoms with E-state index in [0.29, 0.717) is 12.6 Å². The standard InChI is InChI=1S/C17H26N2O2/c1-5-13-7-6-8-14(11-13)18-15-9-10-19(12-15)16(20)21-17(2,3)4/h6-8,11,15,18H,5,9-10,12H2,1-4H3. The molecular weight excluding hydrogens is 264 g/mol. The highest BCUT2D eigenvalue weighted by molar-refractivity contribution is 5.68. The van der Waals surface area contributed by atoms with Crippen molar-refractivity contribution in [3.63, 3.8) is 0 Å². The Kier molecular flexibility index (Phi) is 4.76. The van der Waals surface area contributed by atoms with Gasteiger partial charge in [0.25, 0.3) is 0 Å². The third-order valence-electron chi connectivity index (χ3n) is 3.55. The summed E-state index contributed by atoms with van der Waals surface area (Å²) >= 11 is 0. The van der Waals surface area contributed by atoms with Gasteiger partial charge in [-0.3, -0.25) is 0 Å². The number of nitrogens with zero attached hydrogens (tertiary/aromatic N) is 1. The van der Waals surface area contributed by atoms with E-state index >= 15 is 0 Å². The number of rotatable bonds is 3. The first-order valence-electron chi connectivity index (χ1n) is 7.71. The van der Waals surface area contributed by atoms with Gasteiger partial charge in [-0.2, -0.15) is 0 Å². The van der Waals surface area contributed by atoms with Crippen LogP contribution in [0.4, 0.5) is 10.5 Å². The van der Waals surface area contributed by atoms with Gasteiger partial charge in [0, 0.05) is 24.8 Å². The van der Waals surface area contributed by atoms with E-state index in [-0.39, 0.29) is 6.09 Å². The number of anilines is 1. The molecule has 1 aromatic carbocycles. The Balaban J connectivity index is 1.89. The first-order chi connectivity index (χ1) is 9.87. The molecule has 0 spiro atoms. The molecule has 0 radical (unpaired) electrons. The van der Waals surface area contributed by atoms with Crippen molar-refractivity contribution in [2.75, 3.05) is 18.4 Å². The van der Waals surface area contributed by atoms with Crippen LogP contribution in [0.5, 0.6) is 0 Å². The summed E-state index contributed by atoms with van der Waals surface area (Å²) in [6.45, 7) is 9.29. The van der Waals surface area contributed by atoms with Gasteiger partial charge in [0.15, 0.2) is 0 Å². The fourth-order valence-corrected chi connectivity index (χ4v) is 2.49. The maximum absolute atomic E-state index is 12.0. The molecule has 1 aliphatic heterocycles. The van der Waals surface area contributed by atoms with Gasteiger partial charge < -0.3 is 15.0 Å². The third kappa shape index (κ3) is 4.66. The van der Waals surface area contributed by atoms with Gasteiger partial charge in [-0.1, -0.05) is 19.1 Å². The van der Waals surface area contributed by atoms with E-state index in [1.54, 1.807) is 4.90 Å². The fraction of sp³-hybridized carbons (Fsp3) is 0.588. The van der Waals surface area contributed by atoms with Crippen molar-refractivity contribution in [2.24, 2.45) is 0 Å². The van der Waals surface area contributed by atoms with Crippen LogP contribution in [0.15, 0.2) is 24.3 Å². The van der Waals surface area contributed by atoms with Crippen LogP contribution >= 0.6 is 0 Å². The Labute approximate surface area is 127 Å². The lowest BCUT2D eigenvalue weighted by Crippen LogP contribution is -2.36. The van der Waals surface area contributed by atoms with Crippen LogP contribution in [0.3, 0.4) is 0 Å². The number of carbonyl (C=O) groups is 1. The molecule has 1 saturated heterocycles. The summed E-state index contributed by atoms with van der Waals surface area (Å²) in [5.41, 5.74) is 2.02. The minimum absolute atomic E-state index is 0.214. The summed E-state index contributed by atoms with van der Waals surface area (Å²) in [5, 5.41) is 3.51. The van der Waals surface area contributed by atoms with Crippen molar-refractivity contribution >= 4 is 11.8 Å². The number of likely N-dealkylation sites (tertiary alicyclic amines) is 1. The fourth-order valence-electron chi connectivity index (χ4n) is 2.49. The van der Waals surface area contributed by atoms with Crippen LogP contribution in [-0.4, -0.2) is 35.7 Å². The Morgan fingerprint density at radius 2 is 2.19 bits per heavy atom. The molecule has 4 nitrogen and oxygen atoms in total. The van der Waals surface area contributed by atoms with Crippen LogP contribution in [0.2, 0.25) is 0 Å². The van der Waals surface area contributed by atoms with Crippen LogP contribution in [0, 0.1) is 0 Å². The lowest BCUT2D eigenvalue weighted by molar-refractivity contribution is 0.0293. The van der Waals surface area contributed by atoms with Gasteiger partial charge >= 0.3 is 6.09 Å². The van der Waals surface area contributed by atoms with Gasteiger partial charge in [-0.05, 0) is 51.3 Å². The molecule has 0 aromatic heterocycles. The zero-order valence-corrected chi connectivity index (χ0v) is 13.5. The maximum Gasteiger partial charge on any atom is 0.410 e. The van der Waals surface area contributed by atoms with Crippen molar-refractivity contribution < 1.29 is 9.53 Å². The molecule has 1 amide bonds. The zero-order chi connectivity index (χ0) is 15.5. The second kappa shape index (κ2) is 6.37. The Hall–Kier alpha value is -1.71. The quantitative estimate of drug-likeness (QED) is 0.923. The Morgan fingerprint density at radius 1 is 1.43 bits per heavy atom. The number of carbonyl (C=O) groups excluding carboxylic acids is 1. The van der Waals surface area contributed by atoms with Crippen LogP contribution in [0.25, 0.3) is 0 Å². The highest BCUT2D eigenvalue weighted by atomic mass is 16.6. The predicted molar refractivity (Wildman–Crippen MR) is 85.7 cm³/mol. The van der Waals surface area contributed by atoms with E-state index in [1.807, 2.05) is 20.8 Å². The molecule has 1 aliphatic rings. The number of hydrogen-bond donors (Lipinski definition) is 1. The predicted octanol–water partition coefficient (Wildman–Crippen LogP) is 3.67. The number of amides is 1. The minimum atomic E-state index is -0.432. The van der Waals surface area contributed by atoms with Gasteiger partial charge in [0.1, 0.15) is 5.60 Å². The summed E-state index contributed by atoms with van der Waals surface area (Å²) in [6, 6.07) is 8.75. The molecule has 116 valence electrons. The second-order valence-corrected chi connectivity index (χ2v) is 6.61. The molecule has 4 heteroatoms. The van der Waals surface area contributed by atoms with E-state index in [4.69, 9.17) is 4.74 Å². The van der Waals surface area contributed by atoms with E-state index in [2.05, 4.69) is 36.5 Å². The van der Waals surface area contributed by atoms with E-state index in [9.17, 15) is 4.79 Å². The lowest BCUT2D eigenvalue weighted by Gasteiger charge is -2.24. The molecule has 1 unspecified atom stereocenters. The number of hydrogen-bond acceptors (Lipinski definition) is 3. The molecule has 1 fully saturated rings. The second-order valence-electron chi connectivity index (χ2n) is 6.61. The van der Waals surface area contributed by atoms with E-state index in [1.165, 1.54) is 5.56 Å². The monoisotopic (exact) mass is 290 g/mol. The van der Waals surface area contributed by atoms with Crippen molar-refractivity contribution in [3.05, 3.63) is 29.8 Å². The van der Waals surface area contributed by atoms with Crippen LogP contribution < -0.4 is 5.32 Å². The molecule has 0 aliphatic carbocycles. The lowest BCUT2D eigenvalue weighted by atomic mass is 10.1. The van der Waals surface area contributed by atoms with Crippen molar-refractivity contribution in [1.82, 2.24) is 4.90 Å². The van der Waals surface area contributed by atoms with Gasteiger partial charge in [0.2, 0.25) is 0 Å².